The van der Waals surface area contributed by atoms with E-state index in [1.54, 1.807) is 44.2 Å². The first-order chi connectivity index (χ1) is 16.3. The van der Waals surface area contributed by atoms with Crippen LogP contribution in [0.15, 0.2) is 59.5 Å². The highest BCUT2D eigenvalue weighted by molar-refractivity contribution is 7.34. The minimum Gasteiger partial charge on any atom is -0.575 e. The second-order valence-corrected chi connectivity index (χ2v) is 8.09. The largest absolute Gasteiger partial charge is 0.575 e. The van der Waals surface area contributed by atoms with Gasteiger partial charge in [-0.2, -0.15) is 0 Å². The summed E-state index contributed by atoms with van der Waals surface area (Å²) < 4.78 is 25.4. The van der Waals surface area contributed by atoms with Crippen LogP contribution in [0.3, 0.4) is 0 Å². The number of carbonyl (C=O) groups excluding carboxylic acids is 1. The van der Waals surface area contributed by atoms with Gasteiger partial charge in [0.2, 0.25) is 12.5 Å². The molecule has 11 nitrogen and oxygen atoms in total. The summed E-state index contributed by atoms with van der Waals surface area (Å²) in [6.07, 6.45) is 1.18. The Morgan fingerprint density at radius 1 is 1.06 bits per heavy atom. The van der Waals surface area contributed by atoms with E-state index in [2.05, 4.69) is 9.73 Å². The van der Waals surface area contributed by atoms with Crippen LogP contribution in [0.2, 0.25) is 0 Å². The van der Waals surface area contributed by atoms with Gasteiger partial charge in [0.05, 0.1) is 16.4 Å². The molecule has 0 aliphatic carbocycles. The summed E-state index contributed by atoms with van der Waals surface area (Å²) in [5.41, 5.74) is 0.225. The molecular formula is C22H22N3O8P. The van der Waals surface area contributed by atoms with E-state index in [0.29, 0.717) is 10.9 Å². The van der Waals surface area contributed by atoms with Gasteiger partial charge < -0.3 is 19.1 Å². The summed E-state index contributed by atoms with van der Waals surface area (Å²) >= 11 is 0. The molecule has 2 atom stereocenters. The molecule has 0 N–H and O–H groups in total. The number of rotatable bonds is 10. The molecule has 0 aliphatic rings. The van der Waals surface area contributed by atoms with Crippen molar-refractivity contribution in [2.75, 3.05) is 6.79 Å². The van der Waals surface area contributed by atoms with Crippen molar-refractivity contribution >= 4 is 30.7 Å². The zero-order valence-corrected chi connectivity index (χ0v) is 19.5. The fourth-order valence-corrected chi connectivity index (χ4v) is 3.58. The van der Waals surface area contributed by atoms with Crippen LogP contribution in [0.1, 0.15) is 20.8 Å². The molecule has 3 rings (SSSR count). The van der Waals surface area contributed by atoms with Crippen LogP contribution in [0.25, 0.3) is 10.9 Å². The maximum absolute atomic E-state index is 12.3. The first-order valence-corrected chi connectivity index (χ1v) is 11.3. The second kappa shape index (κ2) is 11.4. The number of pyridine rings is 1. The van der Waals surface area contributed by atoms with Gasteiger partial charge in [-0.15, -0.1) is 0 Å². The number of fused-ring (bicyclic) bond motifs is 1. The van der Waals surface area contributed by atoms with Gasteiger partial charge in [-0.1, -0.05) is 16.9 Å². The summed E-state index contributed by atoms with van der Waals surface area (Å²) in [5.74, 6) is 0.0340. The predicted octanol–water partition coefficient (Wildman–Crippen LogP) is 4.13. The standard InChI is InChI=1S/C22H22N3O8P/c1-14(2)32-22(26)15(3)24-34(29)33-19-9-5-4-8-18(19)30-13-31-20-11-10-17(25(27)28)16-7-6-12-23-21(16)20/h4-12,14-15H,13H2,1-3H3/t15-/m0/s1. The Labute approximate surface area is 196 Å². The van der Waals surface area contributed by atoms with E-state index in [1.807, 2.05) is 0 Å². The number of non-ortho nitro benzene ring substituents is 1. The Morgan fingerprint density at radius 3 is 2.47 bits per heavy atom. The maximum atomic E-state index is 12.3. The minimum atomic E-state index is -2.58. The average Bonchev–Trinajstić information content (AvgIpc) is 2.79. The lowest BCUT2D eigenvalue weighted by molar-refractivity contribution is -0.383. The zero-order chi connectivity index (χ0) is 24.7. The van der Waals surface area contributed by atoms with E-state index in [1.165, 1.54) is 31.3 Å². The Morgan fingerprint density at radius 2 is 1.76 bits per heavy atom. The molecule has 1 heterocycles. The number of para-hydroxylation sites is 2. The highest BCUT2D eigenvalue weighted by Gasteiger charge is 2.21. The normalized spacial score (nSPS) is 12.3. The van der Waals surface area contributed by atoms with Gasteiger partial charge in [-0.05, 0) is 51.1 Å². The molecule has 0 fully saturated rings. The minimum absolute atomic E-state index is 0.0887. The third-order valence-electron chi connectivity index (χ3n) is 4.32. The van der Waals surface area contributed by atoms with Gasteiger partial charge in [-0.25, -0.2) is 4.79 Å². The van der Waals surface area contributed by atoms with Crippen LogP contribution in [0.4, 0.5) is 5.69 Å². The smallest absolute Gasteiger partial charge is 0.395 e. The molecule has 0 bridgehead atoms. The number of carbonyl (C=O) groups is 1. The number of benzene rings is 2. The van der Waals surface area contributed by atoms with Crippen molar-refractivity contribution in [3.63, 3.8) is 0 Å². The van der Waals surface area contributed by atoms with Gasteiger partial charge in [0.15, 0.2) is 11.8 Å². The van der Waals surface area contributed by atoms with Gasteiger partial charge in [0.1, 0.15) is 11.3 Å². The number of aromatic nitrogens is 1. The number of nitro benzene ring substituents is 1. The summed E-state index contributed by atoms with van der Waals surface area (Å²) in [4.78, 5) is 39.1. The van der Waals surface area contributed by atoms with E-state index in [4.69, 9.17) is 18.7 Å². The van der Waals surface area contributed by atoms with Crippen LogP contribution in [-0.2, 0) is 9.53 Å². The highest BCUT2D eigenvalue weighted by Crippen LogP contribution is 2.34. The number of ether oxygens (including phenoxy) is 3. The second-order valence-electron chi connectivity index (χ2n) is 7.20. The summed E-state index contributed by atoms with van der Waals surface area (Å²) in [7, 11) is -2.58. The molecular weight excluding hydrogens is 465 g/mol. The number of nitrogens with zero attached hydrogens (tertiary/aromatic N) is 3. The number of hydrogen-bond acceptors (Lipinski definition) is 10. The van der Waals surface area contributed by atoms with Crippen molar-refractivity contribution in [2.45, 2.75) is 32.9 Å². The topological polar surface area (TPSA) is 145 Å². The van der Waals surface area contributed by atoms with Crippen LogP contribution in [-0.4, -0.2) is 34.8 Å². The van der Waals surface area contributed by atoms with Crippen molar-refractivity contribution in [1.29, 1.82) is 0 Å². The molecule has 1 aromatic heterocycles. The summed E-state index contributed by atoms with van der Waals surface area (Å²) in [6, 6.07) is 11.4. The quantitative estimate of drug-likeness (QED) is 0.135. The molecule has 12 heteroatoms. The highest BCUT2D eigenvalue weighted by atomic mass is 31.1. The molecule has 0 saturated carbocycles. The van der Waals surface area contributed by atoms with Crippen molar-refractivity contribution in [2.24, 2.45) is 4.74 Å². The molecule has 0 spiro atoms. The molecule has 178 valence electrons. The Kier molecular flexibility index (Phi) is 8.29. The summed E-state index contributed by atoms with van der Waals surface area (Å²) in [6.45, 7) is 4.58. The molecule has 2 aromatic carbocycles. The molecule has 0 aliphatic heterocycles. The molecule has 0 saturated heterocycles. The number of esters is 1. The maximum Gasteiger partial charge on any atom is 0.395 e. The van der Waals surface area contributed by atoms with Crippen molar-refractivity contribution < 1.29 is 33.3 Å². The number of hydrogen-bond donors (Lipinski definition) is 0. The van der Waals surface area contributed by atoms with Crippen molar-refractivity contribution in [1.82, 2.24) is 4.98 Å². The van der Waals surface area contributed by atoms with Crippen molar-refractivity contribution in [3.8, 4) is 17.2 Å². The fourth-order valence-electron chi connectivity index (χ4n) is 2.84. The lowest BCUT2D eigenvalue weighted by atomic mass is 10.1. The van der Waals surface area contributed by atoms with Gasteiger partial charge >= 0.3 is 14.1 Å². The molecule has 34 heavy (non-hydrogen) atoms. The lowest BCUT2D eigenvalue weighted by Gasteiger charge is -2.12. The van der Waals surface area contributed by atoms with E-state index in [9.17, 15) is 19.8 Å². The monoisotopic (exact) mass is 487 g/mol. The van der Waals surface area contributed by atoms with E-state index in [0.717, 1.165) is 0 Å². The summed E-state index contributed by atoms with van der Waals surface area (Å²) in [5, 5.41) is 11.6. The number of nitro groups is 1. The van der Waals surface area contributed by atoms with Crippen LogP contribution in [0, 0.1) is 10.1 Å². The zero-order valence-electron chi connectivity index (χ0n) is 18.6. The van der Waals surface area contributed by atoms with Gasteiger partial charge in [-0.3, -0.25) is 19.6 Å². The van der Waals surface area contributed by atoms with Crippen LogP contribution < -0.4 is 18.9 Å². The lowest BCUT2D eigenvalue weighted by Crippen LogP contribution is -2.21. The third kappa shape index (κ3) is 6.37. The van der Waals surface area contributed by atoms with E-state index < -0.39 is 25.1 Å². The Hall–Kier alpha value is -3.82. The van der Waals surface area contributed by atoms with Gasteiger partial charge in [0, 0.05) is 12.3 Å². The molecule has 3 aromatic rings. The third-order valence-corrected chi connectivity index (χ3v) is 5.21. The Balaban J connectivity index is 1.69. The predicted molar refractivity (Wildman–Crippen MR) is 122 cm³/mol. The Bertz CT molecular complexity index is 1220. The first kappa shape index (κ1) is 24.8. The molecule has 0 radical (unpaired) electrons. The SMILES string of the molecule is CC(C)OC(=O)[C@H](C)N=[P+]([O-])Oc1ccccc1OCOc1ccc([N+](=O)[O-])c2cccnc12. The van der Waals surface area contributed by atoms with Gasteiger partial charge in [0.25, 0.3) is 5.69 Å². The van der Waals surface area contributed by atoms with E-state index in [-0.39, 0.29) is 35.8 Å². The molecule has 1 unspecified atom stereocenters. The first-order valence-electron chi connectivity index (χ1n) is 10.2. The van der Waals surface area contributed by atoms with Crippen molar-refractivity contribution in [3.05, 3.63) is 64.8 Å². The van der Waals surface area contributed by atoms with E-state index >= 15 is 0 Å². The molecule has 0 amide bonds. The van der Waals surface area contributed by atoms with Crippen LogP contribution in [0.5, 0.6) is 17.2 Å². The van der Waals surface area contributed by atoms with Crippen LogP contribution >= 0.6 is 8.17 Å². The average molecular weight is 487 g/mol. The fraction of sp³-hybridized carbons (Fsp3) is 0.273.